The quantitative estimate of drug-likeness (QED) is 0.0422. The molecule has 3 N–H and O–H groups in total. The molecule has 2 unspecified atom stereocenters. The SMILES string of the molecule is CC/C=C\C/C=C\C/C=C\C/C=C\CCCCCCCCCCCCC(=O)NC(CO)C(O)/C=C/CCCCCCCCCCCCCCCCCCCCCCCCC. The van der Waals surface area contributed by atoms with Crippen LogP contribution in [0.2, 0.25) is 0 Å². The van der Waals surface area contributed by atoms with Gasteiger partial charge in [0.1, 0.15) is 0 Å². The molecule has 0 heterocycles. The predicted molar refractivity (Wildman–Crippen MR) is 267 cm³/mol. The first kappa shape index (κ1) is 58.1. The highest BCUT2D eigenvalue weighted by atomic mass is 16.3. The molecule has 0 spiro atoms. The van der Waals surface area contributed by atoms with E-state index in [2.05, 4.69) is 67.8 Å². The minimum Gasteiger partial charge on any atom is -0.394 e. The van der Waals surface area contributed by atoms with Gasteiger partial charge in [-0.25, -0.2) is 0 Å². The van der Waals surface area contributed by atoms with Gasteiger partial charge in [-0.1, -0.05) is 267 Å². The number of amides is 1. The summed E-state index contributed by atoms with van der Waals surface area (Å²) in [6, 6.07) is -0.628. The Hall–Kier alpha value is -1.91. The Morgan fingerprint density at radius 1 is 0.417 bits per heavy atom. The summed E-state index contributed by atoms with van der Waals surface area (Å²) >= 11 is 0. The molecule has 0 fully saturated rings. The van der Waals surface area contributed by atoms with Crippen LogP contribution in [0.25, 0.3) is 0 Å². The van der Waals surface area contributed by atoms with Gasteiger partial charge < -0.3 is 15.5 Å². The van der Waals surface area contributed by atoms with E-state index in [1.54, 1.807) is 6.08 Å². The molecule has 60 heavy (non-hydrogen) atoms. The number of aliphatic hydroxyl groups excluding tert-OH is 2. The number of allylic oxidation sites excluding steroid dienone is 9. The van der Waals surface area contributed by atoms with Crippen molar-refractivity contribution in [1.29, 1.82) is 0 Å². The number of carbonyl (C=O) groups is 1. The van der Waals surface area contributed by atoms with Crippen LogP contribution in [-0.2, 0) is 4.79 Å². The van der Waals surface area contributed by atoms with E-state index < -0.39 is 12.1 Å². The number of rotatable bonds is 48. The second-order valence-corrected chi connectivity index (χ2v) is 17.9. The van der Waals surface area contributed by atoms with E-state index in [1.807, 2.05) is 6.08 Å². The molecule has 4 heteroatoms. The maximum Gasteiger partial charge on any atom is 0.220 e. The molecule has 0 radical (unpaired) electrons. The Labute approximate surface area is 375 Å². The van der Waals surface area contributed by atoms with Crippen LogP contribution in [0.5, 0.6) is 0 Å². The Bertz CT molecular complexity index is 996. The van der Waals surface area contributed by atoms with Crippen LogP contribution in [0, 0.1) is 0 Å². The van der Waals surface area contributed by atoms with Gasteiger partial charge in [0.05, 0.1) is 18.8 Å². The van der Waals surface area contributed by atoms with Crippen LogP contribution in [0.15, 0.2) is 60.8 Å². The molecule has 0 aromatic heterocycles. The van der Waals surface area contributed by atoms with Gasteiger partial charge in [0, 0.05) is 6.42 Å². The molecule has 350 valence electrons. The highest BCUT2D eigenvalue weighted by molar-refractivity contribution is 5.76. The van der Waals surface area contributed by atoms with Crippen molar-refractivity contribution in [3.63, 3.8) is 0 Å². The van der Waals surface area contributed by atoms with Crippen LogP contribution < -0.4 is 5.32 Å². The molecule has 4 nitrogen and oxygen atoms in total. The third-order valence-corrected chi connectivity index (χ3v) is 12.0. The van der Waals surface area contributed by atoms with Gasteiger partial charge in [-0.05, 0) is 57.8 Å². The maximum atomic E-state index is 12.5. The smallest absolute Gasteiger partial charge is 0.220 e. The average Bonchev–Trinajstić information content (AvgIpc) is 3.25. The molecule has 1 amide bonds. The van der Waals surface area contributed by atoms with Gasteiger partial charge in [-0.15, -0.1) is 0 Å². The van der Waals surface area contributed by atoms with Gasteiger partial charge in [-0.3, -0.25) is 4.79 Å². The van der Waals surface area contributed by atoms with Crippen LogP contribution in [0.3, 0.4) is 0 Å². The summed E-state index contributed by atoms with van der Waals surface area (Å²) in [5.41, 5.74) is 0. The zero-order chi connectivity index (χ0) is 43.5. The fourth-order valence-electron chi connectivity index (χ4n) is 7.99. The first-order valence-corrected chi connectivity index (χ1v) is 26.5. The zero-order valence-corrected chi connectivity index (χ0v) is 40.2. The first-order chi connectivity index (χ1) is 29.7. The molecule has 0 aliphatic carbocycles. The molecule has 0 saturated heterocycles. The largest absolute Gasteiger partial charge is 0.394 e. The van der Waals surface area contributed by atoms with E-state index in [4.69, 9.17) is 0 Å². The molecule has 0 aliphatic rings. The number of hydrogen-bond donors (Lipinski definition) is 3. The fraction of sp³-hybridized carbons (Fsp3) is 0.804. The van der Waals surface area contributed by atoms with Crippen molar-refractivity contribution in [2.24, 2.45) is 0 Å². The molecule has 0 aromatic rings. The van der Waals surface area contributed by atoms with Crippen molar-refractivity contribution >= 4 is 5.91 Å². The third kappa shape index (κ3) is 47.1. The summed E-state index contributed by atoms with van der Waals surface area (Å²) < 4.78 is 0. The minimum absolute atomic E-state index is 0.0680. The molecule has 2 atom stereocenters. The summed E-state index contributed by atoms with van der Waals surface area (Å²) in [5, 5.41) is 23.2. The van der Waals surface area contributed by atoms with Gasteiger partial charge in [0.15, 0.2) is 0 Å². The van der Waals surface area contributed by atoms with Crippen LogP contribution in [0.1, 0.15) is 271 Å². The lowest BCUT2D eigenvalue weighted by atomic mass is 10.0. The lowest BCUT2D eigenvalue weighted by Gasteiger charge is -2.20. The maximum absolute atomic E-state index is 12.5. The lowest BCUT2D eigenvalue weighted by Crippen LogP contribution is -2.45. The summed E-state index contributed by atoms with van der Waals surface area (Å²) in [6.07, 6.45) is 72.2. The molecular weight excluding hydrogens is 735 g/mol. The zero-order valence-electron chi connectivity index (χ0n) is 40.2. The molecule has 0 aliphatic heterocycles. The van der Waals surface area contributed by atoms with Crippen molar-refractivity contribution in [3.05, 3.63) is 60.8 Å². The Morgan fingerprint density at radius 3 is 1.10 bits per heavy atom. The standard InChI is InChI=1S/C56H103NO3/c1-3-5-7-9-11-13-15-17-19-21-23-25-27-28-30-31-33-35-37-39-41-43-45-47-49-51-55(59)54(53-58)57-56(60)52-50-48-46-44-42-40-38-36-34-32-29-26-24-22-20-18-16-14-12-10-8-6-4-2/h6,8,12,14,18,20,24,26,49,51,54-55,58-59H,3-5,7,9-11,13,15-17,19,21-23,25,27-48,50,52-53H2,1-2H3,(H,57,60)/b8-6-,14-12-,20-18-,26-24-,51-49+. The average molecular weight is 838 g/mol. The molecule has 0 rings (SSSR count). The third-order valence-electron chi connectivity index (χ3n) is 12.0. The molecule has 0 bridgehead atoms. The lowest BCUT2D eigenvalue weighted by molar-refractivity contribution is -0.123. The van der Waals surface area contributed by atoms with Crippen molar-refractivity contribution < 1.29 is 15.0 Å². The van der Waals surface area contributed by atoms with Gasteiger partial charge in [0.2, 0.25) is 5.91 Å². The van der Waals surface area contributed by atoms with Crippen molar-refractivity contribution in [3.8, 4) is 0 Å². The number of hydrogen-bond acceptors (Lipinski definition) is 3. The number of aliphatic hydroxyl groups is 2. The summed E-state index contributed by atoms with van der Waals surface area (Å²) in [7, 11) is 0. The number of unbranched alkanes of at least 4 members (excludes halogenated alkanes) is 33. The topological polar surface area (TPSA) is 69.6 Å². The number of nitrogens with one attached hydrogen (secondary N) is 1. The second kappa shape index (κ2) is 51.4. The summed E-state index contributed by atoms with van der Waals surface area (Å²) in [4.78, 5) is 12.5. The second-order valence-electron chi connectivity index (χ2n) is 17.9. The van der Waals surface area contributed by atoms with Gasteiger partial charge >= 0.3 is 0 Å². The predicted octanol–water partition coefficient (Wildman–Crippen LogP) is 17.2. The minimum atomic E-state index is -0.844. The Morgan fingerprint density at radius 2 is 0.733 bits per heavy atom. The normalized spacial score (nSPS) is 13.3. The van der Waals surface area contributed by atoms with E-state index in [1.165, 1.54) is 199 Å². The van der Waals surface area contributed by atoms with E-state index in [0.717, 1.165) is 51.4 Å². The Kier molecular flexibility index (Phi) is 49.8. The van der Waals surface area contributed by atoms with Gasteiger partial charge in [0.25, 0.3) is 0 Å². The van der Waals surface area contributed by atoms with Crippen LogP contribution in [-0.4, -0.2) is 34.9 Å². The monoisotopic (exact) mass is 838 g/mol. The molecule has 0 aromatic carbocycles. The van der Waals surface area contributed by atoms with E-state index >= 15 is 0 Å². The first-order valence-electron chi connectivity index (χ1n) is 26.5. The molecular formula is C56H103NO3. The van der Waals surface area contributed by atoms with Crippen molar-refractivity contribution in [1.82, 2.24) is 5.32 Å². The fourth-order valence-corrected chi connectivity index (χ4v) is 7.99. The number of carbonyl (C=O) groups excluding carboxylic acids is 1. The Balaban J connectivity index is 3.53. The van der Waals surface area contributed by atoms with Crippen molar-refractivity contribution in [2.45, 2.75) is 283 Å². The van der Waals surface area contributed by atoms with E-state index in [9.17, 15) is 15.0 Å². The summed E-state index contributed by atoms with van der Waals surface area (Å²) in [5.74, 6) is -0.0680. The van der Waals surface area contributed by atoms with E-state index in [0.29, 0.717) is 6.42 Å². The highest BCUT2D eigenvalue weighted by Crippen LogP contribution is 2.17. The van der Waals surface area contributed by atoms with Crippen LogP contribution >= 0.6 is 0 Å². The highest BCUT2D eigenvalue weighted by Gasteiger charge is 2.18. The van der Waals surface area contributed by atoms with Crippen molar-refractivity contribution in [2.75, 3.05) is 6.61 Å². The summed E-state index contributed by atoms with van der Waals surface area (Å²) in [6.45, 7) is 4.21. The van der Waals surface area contributed by atoms with Gasteiger partial charge in [-0.2, -0.15) is 0 Å². The van der Waals surface area contributed by atoms with Crippen LogP contribution in [0.4, 0.5) is 0 Å². The van der Waals surface area contributed by atoms with E-state index in [-0.39, 0.29) is 12.5 Å². The molecule has 0 saturated carbocycles.